The lowest BCUT2D eigenvalue weighted by Gasteiger charge is -2.11. The molecule has 2 aromatic carbocycles. The van der Waals surface area contributed by atoms with Crippen molar-refractivity contribution < 1.29 is 9.53 Å². The fraction of sp³-hybridized carbons (Fsp3) is 0.250. The summed E-state index contributed by atoms with van der Waals surface area (Å²) in [7, 11) is 1.61. The van der Waals surface area contributed by atoms with Crippen LogP contribution in [0.15, 0.2) is 54.6 Å². The van der Waals surface area contributed by atoms with Gasteiger partial charge in [0.2, 0.25) is 0 Å². The number of aromatic nitrogens is 4. The summed E-state index contributed by atoms with van der Waals surface area (Å²) >= 11 is 0. The Morgan fingerprint density at radius 1 is 1.00 bits per heavy atom. The number of aryl methyl sites for hydroxylation is 2. The molecule has 8 nitrogen and oxygen atoms in total. The molecule has 0 spiro atoms. The standard InChI is InChI=1S/C24H26N6O2/c1-16-9-11-19(12-10-16)30-23-21(17(2)29-30)22(27-20(28-23)15-32-3)25-13-14-26-24(31)18-7-5-4-6-8-18/h4-12H,13-15H2,1-3H3,(H,26,31)(H,25,27,28). The molecular formula is C24H26N6O2. The van der Waals surface area contributed by atoms with Crippen LogP contribution in [-0.2, 0) is 11.3 Å². The van der Waals surface area contributed by atoms with Crippen molar-refractivity contribution in [3.05, 3.63) is 77.2 Å². The van der Waals surface area contributed by atoms with E-state index in [2.05, 4.69) is 15.6 Å². The summed E-state index contributed by atoms with van der Waals surface area (Å²) in [5.41, 5.74) is 4.27. The molecule has 1 amide bonds. The van der Waals surface area contributed by atoms with Gasteiger partial charge in [-0.2, -0.15) is 5.10 Å². The molecule has 4 rings (SSSR count). The van der Waals surface area contributed by atoms with E-state index in [0.29, 0.717) is 35.9 Å². The van der Waals surface area contributed by atoms with Crippen LogP contribution in [0.1, 0.15) is 27.4 Å². The number of fused-ring (bicyclic) bond motifs is 1. The van der Waals surface area contributed by atoms with Gasteiger partial charge in [0.1, 0.15) is 12.4 Å². The van der Waals surface area contributed by atoms with E-state index in [0.717, 1.165) is 16.8 Å². The van der Waals surface area contributed by atoms with Gasteiger partial charge in [0.05, 0.1) is 16.8 Å². The molecule has 0 saturated heterocycles. The van der Waals surface area contributed by atoms with E-state index in [4.69, 9.17) is 14.8 Å². The first-order valence-corrected chi connectivity index (χ1v) is 10.5. The van der Waals surface area contributed by atoms with Gasteiger partial charge >= 0.3 is 0 Å². The van der Waals surface area contributed by atoms with Gasteiger partial charge in [-0.25, -0.2) is 14.6 Å². The zero-order valence-electron chi connectivity index (χ0n) is 18.4. The third-order valence-corrected chi connectivity index (χ3v) is 5.04. The van der Waals surface area contributed by atoms with E-state index >= 15 is 0 Å². The van der Waals surface area contributed by atoms with Gasteiger partial charge in [-0.15, -0.1) is 0 Å². The van der Waals surface area contributed by atoms with Crippen LogP contribution >= 0.6 is 0 Å². The highest BCUT2D eigenvalue weighted by molar-refractivity contribution is 5.94. The van der Waals surface area contributed by atoms with Crippen LogP contribution in [0.2, 0.25) is 0 Å². The smallest absolute Gasteiger partial charge is 0.251 e. The molecule has 4 aromatic rings. The SMILES string of the molecule is COCc1nc(NCCNC(=O)c2ccccc2)c2c(C)nn(-c3ccc(C)cc3)c2n1. The van der Waals surface area contributed by atoms with Crippen molar-refractivity contribution in [2.24, 2.45) is 0 Å². The van der Waals surface area contributed by atoms with Crippen molar-refractivity contribution in [1.29, 1.82) is 0 Å². The third kappa shape index (κ3) is 4.60. The van der Waals surface area contributed by atoms with Crippen LogP contribution in [0.5, 0.6) is 0 Å². The largest absolute Gasteiger partial charge is 0.377 e. The Bertz CT molecular complexity index is 1220. The van der Waals surface area contributed by atoms with E-state index in [1.165, 1.54) is 5.56 Å². The van der Waals surface area contributed by atoms with Gasteiger partial charge < -0.3 is 15.4 Å². The van der Waals surface area contributed by atoms with Crippen LogP contribution in [0.4, 0.5) is 5.82 Å². The van der Waals surface area contributed by atoms with E-state index in [9.17, 15) is 4.79 Å². The molecule has 8 heteroatoms. The number of nitrogens with zero attached hydrogens (tertiary/aromatic N) is 4. The van der Waals surface area contributed by atoms with Crippen LogP contribution in [0.3, 0.4) is 0 Å². The summed E-state index contributed by atoms with van der Waals surface area (Å²) in [5, 5.41) is 11.8. The predicted molar refractivity (Wildman–Crippen MR) is 124 cm³/mol. The summed E-state index contributed by atoms with van der Waals surface area (Å²) < 4.78 is 7.09. The molecule has 2 heterocycles. The van der Waals surface area contributed by atoms with Crippen molar-refractivity contribution in [2.45, 2.75) is 20.5 Å². The summed E-state index contributed by atoms with van der Waals surface area (Å²) in [6.07, 6.45) is 0. The quantitative estimate of drug-likeness (QED) is 0.416. The van der Waals surface area contributed by atoms with Gasteiger partial charge in [-0.1, -0.05) is 35.9 Å². The molecule has 164 valence electrons. The number of carbonyl (C=O) groups excluding carboxylic acids is 1. The van der Waals surface area contributed by atoms with Gasteiger partial charge in [0.15, 0.2) is 11.5 Å². The first kappa shape index (κ1) is 21.5. The maximum atomic E-state index is 12.3. The number of hydrogen-bond donors (Lipinski definition) is 2. The number of hydrogen-bond acceptors (Lipinski definition) is 6. The monoisotopic (exact) mass is 430 g/mol. The molecule has 0 aliphatic rings. The average Bonchev–Trinajstić information content (AvgIpc) is 3.14. The first-order chi connectivity index (χ1) is 15.6. The molecule has 2 N–H and O–H groups in total. The lowest BCUT2D eigenvalue weighted by atomic mass is 10.2. The number of ether oxygens (including phenoxy) is 1. The summed E-state index contributed by atoms with van der Waals surface area (Å²) in [5.74, 6) is 1.12. The number of carbonyl (C=O) groups is 1. The topological polar surface area (TPSA) is 94.0 Å². The fourth-order valence-electron chi connectivity index (χ4n) is 3.46. The van der Waals surface area contributed by atoms with Crippen LogP contribution in [-0.4, -0.2) is 45.9 Å². The molecule has 0 atom stereocenters. The van der Waals surface area contributed by atoms with Crippen LogP contribution in [0.25, 0.3) is 16.7 Å². The molecule has 0 saturated carbocycles. The Labute approximate surface area is 186 Å². The number of methoxy groups -OCH3 is 1. The molecule has 2 aromatic heterocycles. The number of amides is 1. The minimum absolute atomic E-state index is 0.108. The molecule has 0 aliphatic heterocycles. The Morgan fingerprint density at radius 2 is 1.75 bits per heavy atom. The molecule has 0 bridgehead atoms. The second kappa shape index (κ2) is 9.57. The van der Waals surface area contributed by atoms with Gasteiger partial charge in [-0.05, 0) is 38.1 Å². The van der Waals surface area contributed by atoms with Crippen molar-refractivity contribution in [3.8, 4) is 5.69 Å². The highest BCUT2D eigenvalue weighted by Crippen LogP contribution is 2.26. The summed E-state index contributed by atoms with van der Waals surface area (Å²) in [4.78, 5) is 21.6. The number of anilines is 1. The normalized spacial score (nSPS) is 11.0. The Kier molecular flexibility index (Phi) is 6.42. The summed E-state index contributed by atoms with van der Waals surface area (Å²) in [6.45, 7) is 5.23. The van der Waals surface area contributed by atoms with E-state index in [1.807, 2.05) is 61.0 Å². The van der Waals surface area contributed by atoms with Crippen molar-refractivity contribution in [3.63, 3.8) is 0 Å². The molecule has 0 radical (unpaired) electrons. The molecular weight excluding hydrogens is 404 g/mol. The van der Waals surface area contributed by atoms with Gasteiger partial charge in [-0.3, -0.25) is 4.79 Å². The lowest BCUT2D eigenvalue weighted by molar-refractivity contribution is 0.0955. The minimum atomic E-state index is -0.108. The van der Waals surface area contributed by atoms with Crippen LogP contribution in [0, 0.1) is 13.8 Å². The molecule has 32 heavy (non-hydrogen) atoms. The highest BCUT2D eigenvalue weighted by Gasteiger charge is 2.17. The first-order valence-electron chi connectivity index (χ1n) is 10.5. The third-order valence-electron chi connectivity index (χ3n) is 5.04. The number of rotatable bonds is 8. The van der Waals surface area contributed by atoms with Gasteiger partial charge in [0, 0.05) is 25.8 Å². The molecule has 0 unspecified atom stereocenters. The Balaban J connectivity index is 1.57. The van der Waals surface area contributed by atoms with Crippen molar-refractivity contribution >= 4 is 22.8 Å². The maximum Gasteiger partial charge on any atom is 0.251 e. The maximum absolute atomic E-state index is 12.3. The van der Waals surface area contributed by atoms with Gasteiger partial charge in [0.25, 0.3) is 5.91 Å². The number of benzene rings is 2. The minimum Gasteiger partial charge on any atom is -0.377 e. The van der Waals surface area contributed by atoms with Crippen molar-refractivity contribution in [1.82, 2.24) is 25.1 Å². The predicted octanol–water partition coefficient (Wildman–Crippen LogP) is 3.42. The summed E-state index contributed by atoms with van der Waals surface area (Å²) in [6, 6.07) is 17.3. The Hall–Kier alpha value is -3.78. The lowest BCUT2D eigenvalue weighted by Crippen LogP contribution is -2.29. The molecule has 0 fully saturated rings. The van der Waals surface area contributed by atoms with Crippen molar-refractivity contribution in [2.75, 3.05) is 25.5 Å². The highest BCUT2D eigenvalue weighted by atomic mass is 16.5. The fourth-order valence-corrected chi connectivity index (χ4v) is 3.46. The van der Waals surface area contributed by atoms with Crippen LogP contribution < -0.4 is 10.6 Å². The second-order valence-electron chi connectivity index (χ2n) is 7.50. The zero-order valence-corrected chi connectivity index (χ0v) is 18.4. The van der Waals surface area contributed by atoms with E-state index < -0.39 is 0 Å². The van der Waals surface area contributed by atoms with E-state index in [-0.39, 0.29) is 12.5 Å². The Morgan fingerprint density at radius 3 is 2.47 bits per heavy atom. The zero-order chi connectivity index (χ0) is 22.5. The number of nitrogens with one attached hydrogen (secondary N) is 2. The average molecular weight is 431 g/mol. The second-order valence-corrected chi connectivity index (χ2v) is 7.50. The molecule has 0 aliphatic carbocycles. The van der Waals surface area contributed by atoms with E-state index in [1.54, 1.807) is 19.2 Å².